The molecule has 20 heavy (non-hydrogen) atoms. The van der Waals surface area contributed by atoms with Crippen LogP contribution in [0.15, 0.2) is 18.2 Å². The van der Waals surface area contributed by atoms with Crippen LogP contribution in [0.25, 0.3) is 0 Å². The number of carbonyl (C=O) groups excluding carboxylic acids is 1. The number of ether oxygens (including phenoxy) is 1. The summed E-state index contributed by atoms with van der Waals surface area (Å²) >= 11 is 12.0. The van der Waals surface area contributed by atoms with Gasteiger partial charge in [-0.05, 0) is 51.0 Å². The summed E-state index contributed by atoms with van der Waals surface area (Å²) < 4.78 is 5.14. The van der Waals surface area contributed by atoms with Gasteiger partial charge in [-0.1, -0.05) is 23.2 Å². The van der Waals surface area contributed by atoms with E-state index in [9.17, 15) is 9.90 Å². The number of rotatable bonds is 4. The molecule has 1 rings (SSSR count). The molecule has 1 amide bonds. The minimum absolute atomic E-state index is 0.220. The van der Waals surface area contributed by atoms with E-state index in [2.05, 4.69) is 5.32 Å². The predicted molar refractivity (Wildman–Crippen MR) is 80.4 cm³/mol. The van der Waals surface area contributed by atoms with Gasteiger partial charge in [0.2, 0.25) is 0 Å². The Kier molecular flexibility index (Phi) is 6.11. The van der Waals surface area contributed by atoms with Crippen molar-refractivity contribution in [3.8, 4) is 0 Å². The zero-order valence-corrected chi connectivity index (χ0v) is 13.3. The Labute approximate surface area is 129 Å². The fraction of sp³-hybridized carbons (Fsp3) is 0.500. The zero-order chi connectivity index (χ0) is 15.3. The van der Waals surface area contributed by atoms with Gasteiger partial charge in [0.15, 0.2) is 0 Å². The first kappa shape index (κ1) is 17.1. The van der Waals surface area contributed by atoms with Crippen molar-refractivity contribution in [1.29, 1.82) is 0 Å². The summed E-state index contributed by atoms with van der Waals surface area (Å²) in [6, 6.07) is 4.59. The molecule has 0 bridgehead atoms. The molecule has 4 nitrogen and oxygen atoms in total. The summed E-state index contributed by atoms with van der Waals surface area (Å²) in [7, 11) is 0. The van der Waals surface area contributed by atoms with Crippen LogP contribution in [0.3, 0.4) is 0 Å². The van der Waals surface area contributed by atoms with Crippen LogP contribution >= 0.6 is 23.2 Å². The number of hydrogen-bond donors (Lipinski definition) is 2. The molecule has 1 aromatic carbocycles. The second-order valence-electron chi connectivity index (χ2n) is 5.47. The number of halogens is 2. The van der Waals surface area contributed by atoms with Crippen molar-refractivity contribution in [3.05, 3.63) is 33.8 Å². The van der Waals surface area contributed by atoms with E-state index in [-0.39, 0.29) is 6.61 Å². The number of carbonyl (C=O) groups is 1. The van der Waals surface area contributed by atoms with Crippen molar-refractivity contribution >= 4 is 29.3 Å². The van der Waals surface area contributed by atoms with Gasteiger partial charge in [0, 0.05) is 10.0 Å². The lowest BCUT2D eigenvalue weighted by atomic mass is 10.1. The third-order valence-electron chi connectivity index (χ3n) is 2.42. The van der Waals surface area contributed by atoms with Gasteiger partial charge in [-0.2, -0.15) is 0 Å². The van der Waals surface area contributed by atoms with Crippen LogP contribution < -0.4 is 5.32 Å². The highest BCUT2D eigenvalue weighted by atomic mass is 35.5. The molecule has 0 fully saturated rings. The molecule has 0 spiro atoms. The fourth-order valence-corrected chi connectivity index (χ4v) is 1.99. The molecule has 2 N–H and O–H groups in total. The molecule has 0 aliphatic heterocycles. The molecular weight excluding hydrogens is 301 g/mol. The van der Waals surface area contributed by atoms with Crippen LogP contribution in [-0.2, 0) is 11.2 Å². The molecule has 0 aromatic heterocycles. The molecule has 0 saturated carbocycles. The third kappa shape index (κ3) is 5.99. The second-order valence-corrected chi connectivity index (χ2v) is 6.31. The van der Waals surface area contributed by atoms with Crippen LogP contribution in [0, 0.1) is 0 Å². The largest absolute Gasteiger partial charge is 0.444 e. The number of benzene rings is 1. The number of aliphatic hydroxyl groups is 1. The van der Waals surface area contributed by atoms with Crippen LogP contribution in [0.4, 0.5) is 4.79 Å². The van der Waals surface area contributed by atoms with Gasteiger partial charge in [-0.25, -0.2) is 4.79 Å². The Hall–Kier alpha value is -0.970. The maximum Gasteiger partial charge on any atom is 0.407 e. The maximum atomic E-state index is 11.7. The molecule has 112 valence electrons. The SMILES string of the molecule is CC(C)(C)OC(=O)N[C@@H](CO)Cc1cc(Cl)ccc1Cl. The number of aliphatic hydroxyl groups excluding tert-OH is 1. The number of alkyl carbamates (subject to hydrolysis) is 1. The van der Waals surface area contributed by atoms with Crippen molar-refractivity contribution in [1.82, 2.24) is 5.32 Å². The van der Waals surface area contributed by atoms with Gasteiger partial charge >= 0.3 is 6.09 Å². The van der Waals surface area contributed by atoms with Crippen LogP contribution in [0.5, 0.6) is 0 Å². The lowest BCUT2D eigenvalue weighted by Gasteiger charge is -2.23. The molecule has 1 aromatic rings. The summed E-state index contributed by atoms with van der Waals surface area (Å²) in [5.41, 5.74) is 0.173. The van der Waals surface area contributed by atoms with Gasteiger partial charge in [-0.3, -0.25) is 0 Å². The first-order chi connectivity index (χ1) is 9.21. The predicted octanol–water partition coefficient (Wildman–Crippen LogP) is 3.42. The standard InChI is InChI=1S/C14H19Cl2NO3/c1-14(2,3)20-13(19)17-11(8-18)7-9-6-10(15)4-5-12(9)16/h4-6,11,18H,7-8H2,1-3H3,(H,17,19)/t11-/m1/s1. The normalized spacial score (nSPS) is 12.9. The number of amides is 1. The lowest BCUT2D eigenvalue weighted by molar-refractivity contribution is 0.0483. The maximum absolute atomic E-state index is 11.7. The highest BCUT2D eigenvalue weighted by Crippen LogP contribution is 2.22. The van der Waals surface area contributed by atoms with Crippen molar-refractivity contribution in [2.75, 3.05) is 6.61 Å². The Morgan fingerprint density at radius 1 is 1.40 bits per heavy atom. The Balaban J connectivity index is 2.68. The van der Waals surface area contributed by atoms with E-state index in [1.807, 2.05) is 0 Å². The van der Waals surface area contributed by atoms with E-state index < -0.39 is 17.7 Å². The highest BCUT2D eigenvalue weighted by molar-refractivity contribution is 6.33. The van der Waals surface area contributed by atoms with E-state index in [4.69, 9.17) is 27.9 Å². The molecule has 0 radical (unpaired) electrons. The molecule has 0 unspecified atom stereocenters. The van der Waals surface area contributed by atoms with Crippen LogP contribution in [0.1, 0.15) is 26.3 Å². The summed E-state index contributed by atoms with van der Waals surface area (Å²) in [5.74, 6) is 0. The molecule has 0 saturated heterocycles. The Bertz CT molecular complexity index is 472. The summed E-state index contributed by atoms with van der Waals surface area (Å²) in [5, 5.41) is 13.0. The second kappa shape index (κ2) is 7.16. The molecule has 0 heterocycles. The van der Waals surface area contributed by atoms with Crippen molar-refractivity contribution in [2.45, 2.75) is 38.8 Å². The molecule has 1 atom stereocenters. The molecule has 0 aliphatic rings. The van der Waals surface area contributed by atoms with Gasteiger partial charge in [0.05, 0.1) is 12.6 Å². The smallest absolute Gasteiger partial charge is 0.407 e. The van der Waals surface area contributed by atoms with E-state index in [0.29, 0.717) is 16.5 Å². The topological polar surface area (TPSA) is 58.6 Å². The average molecular weight is 320 g/mol. The van der Waals surface area contributed by atoms with E-state index >= 15 is 0 Å². The van der Waals surface area contributed by atoms with Gasteiger partial charge < -0.3 is 15.2 Å². The molecule has 6 heteroatoms. The van der Waals surface area contributed by atoms with Crippen LogP contribution in [0.2, 0.25) is 10.0 Å². The van der Waals surface area contributed by atoms with Gasteiger partial charge in [0.1, 0.15) is 5.60 Å². The van der Waals surface area contributed by atoms with Crippen molar-refractivity contribution in [3.63, 3.8) is 0 Å². The lowest BCUT2D eigenvalue weighted by Crippen LogP contribution is -2.42. The summed E-state index contributed by atoms with van der Waals surface area (Å²) in [6.07, 6.45) is -0.204. The molecular formula is C14H19Cl2NO3. The number of hydrogen-bond acceptors (Lipinski definition) is 3. The molecule has 0 aliphatic carbocycles. The Morgan fingerprint density at radius 2 is 2.05 bits per heavy atom. The van der Waals surface area contributed by atoms with Gasteiger partial charge in [0.25, 0.3) is 0 Å². The minimum atomic E-state index is -0.586. The first-order valence-electron chi connectivity index (χ1n) is 6.25. The summed E-state index contributed by atoms with van der Waals surface area (Å²) in [6.45, 7) is 5.10. The van der Waals surface area contributed by atoms with Crippen molar-refractivity contribution < 1.29 is 14.6 Å². The highest BCUT2D eigenvalue weighted by Gasteiger charge is 2.20. The zero-order valence-electron chi connectivity index (χ0n) is 11.7. The quantitative estimate of drug-likeness (QED) is 0.894. The minimum Gasteiger partial charge on any atom is -0.444 e. The van der Waals surface area contributed by atoms with E-state index in [1.165, 1.54) is 0 Å². The Morgan fingerprint density at radius 3 is 2.60 bits per heavy atom. The third-order valence-corrected chi connectivity index (χ3v) is 3.02. The van der Waals surface area contributed by atoms with E-state index in [1.54, 1.807) is 39.0 Å². The fourth-order valence-electron chi connectivity index (χ4n) is 1.60. The summed E-state index contributed by atoms with van der Waals surface area (Å²) in [4.78, 5) is 11.7. The van der Waals surface area contributed by atoms with Gasteiger partial charge in [-0.15, -0.1) is 0 Å². The first-order valence-corrected chi connectivity index (χ1v) is 7.01. The van der Waals surface area contributed by atoms with Crippen LogP contribution in [-0.4, -0.2) is 29.4 Å². The monoisotopic (exact) mass is 319 g/mol. The number of nitrogens with one attached hydrogen (secondary N) is 1. The van der Waals surface area contributed by atoms with Crippen molar-refractivity contribution in [2.24, 2.45) is 0 Å². The average Bonchev–Trinajstić information content (AvgIpc) is 2.30. The van der Waals surface area contributed by atoms with E-state index in [0.717, 1.165) is 5.56 Å².